The number of hydrogen-bond donors (Lipinski definition) is 0. The van der Waals surface area contributed by atoms with Gasteiger partial charge in [0.25, 0.3) is 0 Å². The van der Waals surface area contributed by atoms with Gasteiger partial charge in [0.2, 0.25) is 0 Å². The highest BCUT2D eigenvalue weighted by atomic mass is 16.5. The second kappa shape index (κ2) is 4.31. The third-order valence-corrected chi connectivity index (χ3v) is 2.92. The van der Waals surface area contributed by atoms with Crippen LogP contribution in [0.3, 0.4) is 0 Å². The van der Waals surface area contributed by atoms with Gasteiger partial charge in [-0.15, -0.1) is 0 Å². The summed E-state index contributed by atoms with van der Waals surface area (Å²) in [6.07, 6.45) is 4.31. The fourth-order valence-electron chi connectivity index (χ4n) is 2.26. The smallest absolute Gasteiger partial charge is 0.139 e. The summed E-state index contributed by atoms with van der Waals surface area (Å²) < 4.78 is 5.88. The molecule has 1 aliphatic heterocycles. The zero-order chi connectivity index (χ0) is 9.14. The van der Waals surface area contributed by atoms with E-state index in [0.29, 0.717) is 12.1 Å². The van der Waals surface area contributed by atoms with Crippen molar-refractivity contribution in [2.24, 2.45) is 11.8 Å². The molecule has 0 aliphatic carbocycles. The Morgan fingerprint density at radius 1 is 1.50 bits per heavy atom. The predicted octanol–water partition coefficient (Wildman–Crippen LogP) is 1.81. The quantitative estimate of drug-likeness (QED) is 0.584. The largest absolute Gasteiger partial charge is 0.384 e. The summed E-state index contributed by atoms with van der Waals surface area (Å²) in [5.74, 6) is 1.59. The normalized spacial score (nSPS) is 36.2. The molecule has 0 N–H and O–H groups in total. The first-order valence-electron chi connectivity index (χ1n) is 5.30. The molecule has 3 atom stereocenters. The van der Waals surface area contributed by atoms with E-state index in [1.807, 2.05) is 0 Å². The average molecular weight is 168 g/mol. The second-order valence-corrected chi connectivity index (χ2v) is 4.42. The molecule has 1 fully saturated rings. The Morgan fingerprint density at radius 2 is 2.17 bits per heavy atom. The van der Waals surface area contributed by atoms with Crippen LogP contribution in [-0.2, 0) is 4.74 Å². The summed E-state index contributed by atoms with van der Waals surface area (Å²) in [7, 11) is 2.20. The Bertz CT molecular complexity index is 136. The fraction of sp³-hybridized carbons (Fsp3) is 1.00. The number of hydrogen-bond acceptors (Lipinski definition) is 1. The van der Waals surface area contributed by atoms with Gasteiger partial charge in [-0.2, -0.15) is 0 Å². The lowest BCUT2D eigenvalue weighted by Gasteiger charge is -2.20. The van der Waals surface area contributed by atoms with Crippen LogP contribution >= 0.6 is 0 Å². The highest BCUT2D eigenvalue weighted by Gasteiger charge is 2.33. The Hall–Kier alpha value is 0.0249. The van der Waals surface area contributed by atoms with E-state index in [9.17, 15) is 0 Å². The molecule has 0 amide bonds. The summed E-state index contributed by atoms with van der Waals surface area (Å²) in [4.78, 5) is 0. The van der Waals surface area contributed by atoms with E-state index in [4.69, 9.17) is 4.74 Å². The minimum Gasteiger partial charge on any atom is -0.384 e. The van der Waals surface area contributed by atoms with Gasteiger partial charge in [0.15, 0.2) is 0 Å². The first kappa shape index (κ1) is 10.1. The van der Waals surface area contributed by atoms with E-state index < -0.39 is 0 Å². The van der Waals surface area contributed by atoms with Crippen LogP contribution in [0.1, 0.15) is 40.0 Å². The first-order valence-corrected chi connectivity index (χ1v) is 5.30. The first-order chi connectivity index (χ1) is 5.65. The molecule has 12 heavy (non-hydrogen) atoms. The molecule has 1 unspecified atom stereocenters. The van der Waals surface area contributed by atoms with Crippen LogP contribution in [0.15, 0.2) is 0 Å². The predicted molar refractivity (Wildman–Crippen MR) is 55.1 cm³/mol. The molecule has 1 nitrogen and oxygen atoms in total. The maximum Gasteiger partial charge on any atom is 0.139 e. The van der Waals surface area contributed by atoms with Crippen molar-refractivity contribution in [3.05, 3.63) is 0 Å². The van der Waals surface area contributed by atoms with Gasteiger partial charge in [0, 0.05) is 6.00 Å². The van der Waals surface area contributed by atoms with Gasteiger partial charge < -0.3 is 4.74 Å². The topological polar surface area (TPSA) is 9.23 Å². The molecule has 0 spiro atoms. The molecular weight excluding hydrogens is 147 g/mol. The molecule has 0 bridgehead atoms. The van der Waals surface area contributed by atoms with E-state index in [2.05, 4.69) is 28.6 Å². The molecule has 0 saturated carbocycles. The zero-order valence-electron chi connectivity index (χ0n) is 8.84. The number of rotatable bonds is 3. The van der Waals surface area contributed by atoms with Crippen LogP contribution < -0.4 is 0 Å². The minimum atomic E-state index is 0.494. The van der Waals surface area contributed by atoms with Gasteiger partial charge in [-0.3, -0.25) is 0 Å². The third kappa shape index (κ3) is 2.26. The van der Waals surface area contributed by atoms with Gasteiger partial charge in [-0.05, 0) is 24.7 Å². The maximum atomic E-state index is 5.88. The van der Waals surface area contributed by atoms with Gasteiger partial charge in [-0.1, -0.05) is 27.2 Å². The maximum absolute atomic E-state index is 5.88. The van der Waals surface area contributed by atoms with Gasteiger partial charge in [0.05, 0.1) is 6.10 Å². The van der Waals surface area contributed by atoms with Crippen molar-refractivity contribution >= 4 is 7.85 Å². The Labute approximate surface area is 77.3 Å². The lowest BCUT2D eigenvalue weighted by Crippen LogP contribution is -2.20. The molecular formula is C10H21BO. The third-order valence-electron chi connectivity index (χ3n) is 2.92. The van der Waals surface area contributed by atoms with Crippen LogP contribution in [0.2, 0.25) is 0 Å². The molecule has 70 valence electrons. The van der Waals surface area contributed by atoms with Gasteiger partial charge in [0.1, 0.15) is 7.85 Å². The summed E-state index contributed by atoms with van der Waals surface area (Å²) in [5.41, 5.74) is 0. The highest BCUT2D eigenvalue weighted by Crippen LogP contribution is 2.33. The summed E-state index contributed by atoms with van der Waals surface area (Å²) in [6, 6.07) is 0.494. The van der Waals surface area contributed by atoms with Crippen LogP contribution in [0.25, 0.3) is 0 Å². The second-order valence-electron chi connectivity index (χ2n) is 4.42. The van der Waals surface area contributed by atoms with E-state index in [0.717, 1.165) is 11.8 Å². The van der Waals surface area contributed by atoms with Gasteiger partial charge >= 0.3 is 0 Å². The standard InChI is InChI=1S/C10H21BO/c1-4-5-9-8(7(2)3)6-10(11)12-9/h7-10H,4-6,11H2,1-3H3/t8-,9?,10-/m0/s1. The van der Waals surface area contributed by atoms with Crippen LogP contribution in [0.4, 0.5) is 0 Å². The molecule has 2 heteroatoms. The molecule has 1 rings (SSSR count). The van der Waals surface area contributed by atoms with Crippen molar-refractivity contribution in [2.45, 2.75) is 52.1 Å². The van der Waals surface area contributed by atoms with Crippen LogP contribution in [0.5, 0.6) is 0 Å². The highest BCUT2D eigenvalue weighted by molar-refractivity contribution is 6.11. The van der Waals surface area contributed by atoms with E-state index in [1.54, 1.807) is 0 Å². The van der Waals surface area contributed by atoms with Crippen molar-refractivity contribution in [1.29, 1.82) is 0 Å². The van der Waals surface area contributed by atoms with Crippen LogP contribution in [0, 0.1) is 11.8 Å². The monoisotopic (exact) mass is 168 g/mol. The molecule has 0 aromatic carbocycles. The number of ether oxygens (including phenoxy) is 1. The average Bonchev–Trinajstić information content (AvgIpc) is 2.32. The molecule has 0 aromatic rings. The van der Waals surface area contributed by atoms with Crippen molar-refractivity contribution in [3.63, 3.8) is 0 Å². The Kier molecular flexibility index (Phi) is 3.63. The van der Waals surface area contributed by atoms with Crippen molar-refractivity contribution in [2.75, 3.05) is 0 Å². The van der Waals surface area contributed by atoms with Gasteiger partial charge in [-0.25, -0.2) is 0 Å². The SMILES string of the molecule is B[C@@H]1C[C@@H](C(C)C)C(CCC)O1. The molecule has 1 saturated heterocycles. The Balaban J connectivity index is 2.47. The molecule has 0 aromatic heterocycles. The van der Waals surface area contributed by atoms with E-state index in [1.165, 1.54) is 19.3 Å². The fourth-order valence-corrected chi connectivity index (χ4v) is 2.26. The molecule has 0 radical (unpaired) electrons. The molecule has 1 heterocycles. The zero-order valence-corrected chi connectivity index (χ0v) is 8.84. The lowest BCUT2D eigenvalue weighted by atomic mass is 9.83. The Morgan fingerprint density at radius 3 is 2.67 bits per heavy atom. The summed E-state index contributed by atoms with van der Waals surface area (Å²) >= 11 is 0. The molecule has 1 aliphatic rings. The summed E-state index contributed by atoms with van der Waals surface area (Å²) in [5, 5.41) is 0. The van der Waals surface area contributed by atoms with Crippen molar-refractivity contribution < 1.29 is 4.74 Å². The minimum absolute atomic E-state index is 0.494. The van der Waals surface area contributed by atoms with E-state index >= 15 is 0 Å². The van der Waals surface area contributed by atoms with Crippen molar-refractivity contribution in [1.82, 2.24) is 0 Å². The van der Waals surface area contributed by atoms with Crippen LogP contribution in [-0.4, -0.2) is 20.0 Å². The lowest BCUT2D eigenvalue weighted by molar-refractivity contribution is 0.0559. The van der Waals surface area contributed by atoms with E-state index in [-0.39, 0.29) is 0 Å². The summed E-state index contributed by atoms with van der Waals surface area (Å²) in [6.45, 7) is 6.87. The van der Waals surface area contributed by atoms with Crippen molar-refractivity contribution in [3.8, 4) is 0 Å².